The second-order valence-corrected chi connectivity index (χ2v) is 10.4. The van der Waals surface area contributed by atoms with Gasteiger partial charge in [-0.2, -0.15) is 5.26 Å². The molecule has 176 valence electrons. The summed E-state index contributed by atoms with van der Waals surface area (Å²) in [6.07, 6.45) is 5.10. The standard InChI is InChI=1S/C26H28N4O2S2/c1-4-29-23(28-12-6-5-7-13-28)20(18(3)21(15-27)24(29)31)14-22-25(32)30(26(33)34-22)16-19-10-8-17(2)9-11-19/h8-11,14H,4-7,12-13,16H2,1-3H3/b22-14-. The molecule has 2 aromatic rings. The maximum atomic E-state index is 13.4. The topological polar surface area (TPSA) is 69.3 Å². The largest absolute Gasteiger partial charge is 0.357 e. The van der Waals surface area contributed by atoms with Crippen LogP contribution in [0.25, 0.3) is 6.08 Å². The summed E-state index contributed by atoms with van der Waals surface area (Å²) in [5, 5.41) is 9.73. The first-order valence-corrected chi connectivity index (χ1v) is 12.8. The zero-order chi connectivity index (χ0) is 24.4. The van der Waals surface area contributed by atoms with Crippen LogP contribution in [0.1, 0.15) is 54.0 Å². The van der Waals surface area contributed by atoms with Crippen LogP contribution in [0.2, 0.25) is 0 Å². The SMILES string of the molecule is CCn1c(N2CCCCC2)c(/C=C2\SC(=S)N(Cc3ccc(C)cc3)C2=O)c(C)c(C#N)c1=O. The average molecular weight is 493 g/mol. The number of nitriles is 1. The highest BCUT2D eigenvalue weighted by atomic mass is 32.2. The monoisotopic (exact) mass is 492 g/mol. The Balaban J connectivity index is 1.79. The van der Waals surface area contributed by atoms with Gasteiger partial charge in [0, 0.05) is 25.2 Å². The predicted molar refractivity (Wildman–Crippen MR) is 142 cm³/mol. The van der Waals surface area contributed by atoms with Gasteiger partial charge in [0.2, 0.25) is 0 Å². The summed E-state index contributed by atoms with van der Waals surface area (Å²) in [6.45, 7) is 8.30. The highest BCUT2D eigenvalue weighted by molar-refractivity contribution is 8.26. The molecule has 0 saturated carbocycles. The van der Waals surface area contributed by atoms with E-state index in [-0.39, 0.29) is 17.0 Å². The zero-order valence-corrected chi connectivity index (χ0v) is 21.4. The molecule has 8 heteroatoms. The first kappa shape index (κ1) is 24.2. The second kappa shape index (κ2) is 10.2. The number of aryl methyl sites for hydroxylation is 1. The number of thiocarbonyl (C=S) groups is 1. The van der Waals surface area contributed by atoms with Crippen molar-refractivity contribution in [3.8, 4) is 6.07 Å². The maximum Gasteiger partial charge on any atom is 0.270 e. The van der Waals surface area contributed by atoms with E-state index >= 15 is 0 Å². The molecule has 34 heavy (non-hydrogen) atoms. The number of pyridine rings is 1. The molecule has 4 rings (SSSR count). The van der Waals surface area contributed by atoms with E-state index in [4.69, 9.17) is 12.2 Å². The van der Waals surface area contributed by atoms with Gasteiger partial charge in [-0.25, -0.2) is 0 Å². The number of benzene rings is 1. The molecule has 3 heterocycles. The van der Waals surface area contributed by atoms with E-state index in [0.29, 0.717) is 27.9 Å². The Kier molecular flexibility index (Phi) is 7.24. The molecule has 2 aliphatic rings. The van der Waals surface area contributed by atoms with E-state index in [1.54, 1.807) is 16.4 Å². The van der Waals surface area contributed by atoms with Gasteiger partial charge in [-0.1, -0.05) is 53.8 Å². The fourth-order valence-electron chi connectivity index (χ4n) is 4.53. The molecule has 2 fully saturated rings. The summed E-state index contributed by atoms with van der Waals surface area (Å²) in [4.78, 5) is 30.8. The third kappa shape index (κ3) is 4.55. The quantitative estimate of drug-likeness (QED) is 0.443. The van der Waals surface area contributed by atoms with Crippen molar-refractivity contribution in [3.63, 3.8) is 0 Å². The molecule has 0 unspecified atom stereocenters. The predicted octanol–water partition coefficient (Wildman–Crippen LogP) is 4.75. The minimum atomic E-state index is -0.271. The van der Waals surface area contributed by atoms with Gasteiger partial charge in [0.25, 0.3) is 11.5 Å². The molecular weight excluding hydrogens is 464 g/mol. The fraction of sp³-hybridized carbons (Fsp3) is 0.385. The van der Waals surface area contributed by atoms with Crippen molar-refractivity contribution in [2.24, 2.45) is 0 Å². The second-order valence-electron chi connectivity index (χ2n) is 8.70. The highest BCUT2D eigenvalue weighted by Crippen LogP contribution is 2.37. The van der Waals surface area contributed by atoms with Crippen molar-refractivity contribution in [3.05, 3.63) is 67.3 Å². The van der Waals surface area contributed by atoms with E-state index < -0.39 is 0 Å². The molecule has 1 amide bonds. The molecule has 0 aliphatic carbocycles. The van der Waals surface area contributed by atoms with Gasteiger partial charge in [0.15, 0.2) is 0 Å². The molecule has 6 nitrogen and oxygen atoms in total. The molecule has 0 atom stereocenters. The zero-order valence-electron chi connectivity index (χ0n) is 19.8. The number of rotatable bonds is 5. The Morgan fingerprint density at radius 1 is 1.12 bits per heavy atom. The summed E-state index contributed by atoms with van der Waals surface area (Å²) in [5.41, 5.74) is 3.40. The van der Waals surface area contributed by atoms with Crippen LogP contribution in [0, 0.1) is 25.2 Å². The van der Waals surface area contributed by atoms with Crippen LogP contribution >= 0.6 is 24.0 Å². The smallest absolute Gasteiger partial charge is 0.270 e. The van der Waals surface area contributed by atoms with Crippen molar-refractivity contribution in [2.45, 2.75) is 53.1 Å². The van der Waals surface area contributed by atoms with E-state index in [2.05, 4.69) is 11.0 Å². The molecule has 0 spiro atoms. The van der Waals surface area contributed by atoms with Crippen molar-refractivity contribution >= 4 is 46.1 Å². The Morgan fingerprint density at radius 3 is 2.41 bits per heavy atom. The van der Waals surface area contributed by atoms with Gasteiger partial charge in [0.05, 0.1) is 11.4 Å². The van der Waals surface area contributed by atoms with Crippen LogP contribution in [0.3, 0.4) is 0 Å². The van der Waals surface area contributed by atoms with Gasteiger partial charge >= 0.3 is 0 Å². The van der Waals surface area contributed by atoms with Crippen LogP contribution in [0.4, 0.5) is 5.82 Å². The number of hydrogen-bond acceptors (Lipinski definition) is 6. The first-order valence-electron chi connectivity index (χ1n) is 11.6. The normalized spacial score (nSPS) is 17.5. The Bertz CT molecular complexity index is 1270. The third-order valence-corrected chi connectivity index (χ3v) is 7.81. The number of aromatic nitrogens is 1. The van der Waals surface area contributed by atoms with Crippen LogP contribution in [0.15, 0.2) is 34.0 Å². The van der Waals surface area contributed by atoms with Gasteiger partial charge < -0.3 is 4.90 Å². The summed E-state index contributed by atoms with van der Waals surface area (Å²) in [6, 6.07) is 10.1. The third-order valence-electron chi connectivity index (χ3n) is 6.43. The van der Waals surface area contributed by atoms with Crippen molar-refractivity contribution in [1.82, 2.24) is 9.47 Å². The van der Waals surface area contributed by atoms with E-state index in [9.17, 15) is 14.9 Å². The maximum absolute atomic E-state index is 13.4. The lowest BCUT2D eigenvalue weighted by Gasteiger charge is -2.33. The Hall–Kier alpha value is -2.89. The number of hydrogen-bond donors (Lipinski definition) is 0. The molecule has 2 saturated heterocycles. The highest BCUT2D eigenvalue weighted by Gasteiger charge is 2.33. The number of carbonyl (C=O) groups is 1. The summed E-state index contributed by atoms with van der Waals surface area (Å²) >= 11 is 6.83. The minimum Gasteiger partial charge on any atom is -0.357 e. The fourth-order valence-corrected chi connectivity index (χ4v) is 5.76. The number of carbonyl (C=O) groups excluding carboxylic acids is 1. The molecule has 0 bridgehead atoms. The van der Waals surface area contributed by atoms with Crippen molar-refractivity contribution < 1.29 is 4.79 Å². The van der Waals surface area contributed by atoms with Gasteiger partial charge in [-0.15, -0.1) is 0 Å². The average Bonchev–Trinajstić information content (AvgIpc) is 3.10. The number of piperidine rings is 1. The molecule has 1 aromatic carbocycles. The number of anilines is 1. The molecular formula is C26H28N4O2S2. The van der Waals surface area contributed by atoms with Crippen LogP contribution in [-0.2, 0) is 17.9 Å². The van der Waals surface area contributed by atoms with Crippen LogP contribution < -0.4 is 10.5 Å². The number of amides is 1. The van der Waals surface area contributed by atoms with E-state index in [1.165, 1.54) is 11.8 Å². The Labute approximate surface area is 209 Å². The number of thioether (sulfide) groups is 1. The van der Waals surface area contributed by atoms with Crippen molar-refractivity contribution in [2.75, 3.05) is 18.0 Å². The Morgan fingerprint density at radius 2 is 1.79 bits per heavy atom. The van der Waals surface area contributed by atoms with Gasteiger partial charge in [-0.05, 0) is 57.2 Å². The molecule has 1 aromatic heterocycles. The van der Waals surface area contributed by atoms with Crippen LogP contribution in [-0.4, -0.2) is 32.8 Å². The lowest BCUT2D eigenvalue weighted by molar-refractivity contribution is -0.122. The summed E-state index contributed by atoms with van der Waals surface area (Å²) in [7, 11) is 0. The van der Waals surface area contributed by atoms with Crippen molar-refractivity contribution in [1.29, 1.82) is 5.26 Å². The van der Waals surface area contributed by atoms with Crippen LogP contribution in [0.5, 0.6) is 0 Å². The lowest BCUT2D eigenvalue weighted by atomic mass is 10.0. The first-order chi connectivity index (χ1) is 16.3. The molecule has 2 aliphatic heterocycles. The lowest BCUT2D eigenvalue weighted by Crippen LogP contribution is -2.37. The van der Waals surface area contributed by atoms with Gasteiger partial charge in [-0.3, -0.25) is 19.1 Å². The summed E-state index contributed by atoms with van der Waals surface area (Å²) < 4.78 is 2.19. The number of nitrogens with zero attached hydrogens (tertiary/aromatic N) is 4. The molecule has 0 N–H and O–H groups in total. The van der Waals surface area contributed by atoms with Gasteiger partial charge in [0.1, 0.15) is 21.8 Å². The minimum absolute atomic E-state index is 0.129. The summed E-state index contributed by atoms with van der Waals surface area (Å²) in [5.74, 6) is 0.653. The molecule has 0 radical (unpaired) electrons. The van der Waals surface area contributed by atoms with E-state index in [0.717, 1.165) is 54.9 Å². The van der Waals surface area contributed by atoms with E-state index in [1.807, 2.05) is 44.2 Å².